The van der Waals surface area contributed by atoms with Crippen molar-refractivity contribution < 1.29 is 13.9 Å². The highest BCUT2D eigenvalue weighted by molar-refractivity contribution is 5.46. The Labute approximate surface area is 112 Å². The first-order valence-corrected chi connectivity index (χ1v) is 6.69. The Balaban J connectivity index is 1.93. The molecule has 2 atom stereocenters. The maximum Gasteiger partial charge on any atom is 0.197 e. The van der Waals surface area contributed by atoms with Gasteiger partial charge in [-0.2, -0.15) is 0 Å². The molecule has 19 heavy (non-hydrogen) atoms. The molecule has 5 heteroatoms. The maximum absolute atomic E-state index is 14.5. The minimum Gasteiger partial charge on any atom is -0.486 e. The second-order valence-corrected chi connectivity index (χ2v) is 5.29. The minimum atomic E-state index is -0.285. The summed E-state index contributed by atoms with van der Waals surface area (Å²) in [7, 11) is 2.01. The van der Waals surface area contributed by atoms with Gasteiger partial charge in [0.2, 0.25) is 0 Å². The fraction of sp³-hybridized carbons (Fsp3) is 0.571. The molecular weight excluding hydrogens is 247 g/mol. The van der Waals surface area contributed by atoms with Crippen molar-refractivity contribution in [1.29, 1.82) is 0 Å². The van der Waals surface area contributed by atoms with E-state index in [1.807, 2.05) is 13.1 Å². The lowest BCUT2D eigenvalue weighted by Gasteiger charge is -2.24. The van der Waals surface area contributed by atoms with E-state index in [-0.39, 0.29) is 17.6 Å². The third-order valence-electron chi connectivity index (χ3n) is 4.01. The molecule has 2 heterocycles. The predicted octanol–water partition coefficient (Wildman–Crippen LogP) is 1.55. The van der Waals surface area contributed by atoms with Gasteiger partial charge in [-0.1, -0.05) is 6.07 Å². The van der Waals surface area contributed by atoms with Crippen molar-refractivity contribution in [2.24, 2.45) is 11.7 Å². The van der Waals surface area contributed by atoms with E-state index in [0.717, 1.165) is 13.0 Å². The largest absolute Gasteiger partial charge is 0.486 e. The highest BCUT2D eigenvalue weighted by atomic mass is 19.1. The van der Waals surface area contributed by atoms with E-state index in [2.05, 4.69) is 4.90 Å². The van der Waals surface area contributed by atoms with Gasteiger partial charge in [0.1, 0.15) is 13.2 Å². The number of nitrogens with zero attached hydrogens (tertiary/aromatic N) is 1. The monoisotopic (exact) mass is 266 g/mol. The quantitative estimate of drug-likeness (QED) is 0.882. The average molecular weight is 266 g/mol. The molecule has 2 N–H and O–H groups in total. The molecule has 0 amide bonds. The van der Waals surface area contributed by atoms with E-state index in [1.54, 1.807) is 6.07 Å². The minimum absolute atomic E-state index is 0.0735. The first-order chi connectivity index (χ1) is 9.20. The summed E-state index contributed by atoms with van der Waals surface area (Å²) in [6, 6.07) is 3.68. The van der Waals surface area contributed by atoms with Crippen LogP contribution in [0, 0.1) is 11.7 Å². The van der Waals surface area contributed by atoms with Crippen molar-refractivity contribution in [2.45, 2.75) is 12.5 Å². The van der Waals surface area contributed by atoms with Crippen LogP contribution in [0.4, 0.5) is 4.39 Å². The molecule has 1 aromatic carbocycles. The lowest BCUT2D eigenvalue weighted by atomic mass is 9.99. The number of ether oxygens (including phenoxy) is 2. The first kappa shape index (κ1) is 12.7. The summed E-state index contributed by atoms with van der Waals surface area (Å²) in [5, 5.41) is 0. The molecule has 2 aliphatic heterocycles. The highest BCUT2D eigenvalue weighted by Crippen LogP contribution is 2.41. The third kappa shape index (κ3) is 2.17. The molecule has 2 unspecified atom stereocenters. The van der Waals surface area contributed by atoms with E-state index in [0.29, 0.717) is 37.0 Å². The summed E-state index contributed by atoms with van der Waals surface area (Å²) >= 11 is 0. The molecule has 0 aromatic heterocycles. The fourth-order valence-corrected chi connectivity index (χ4v) is 2.99. The van der Waals surface area contributed by atoms with Gasteiger partial charge in [-0.05, 0) is 32.0 Å². The molecule has 1 fully saturated rings. The van der Waals surface area contributed by atoms with Gasteiger partial charge in [-0.15, -0.1) is 0 Å². The number of hydrogen-bond donors (Lipinski definition) is 1. The number of likely N-dealkylation sites (tertiary alicyclic amines) is 1. The van der Waals surface area contributed by atoms with Crippen LogP contribution in [0.3, 0.4) is 0 Å². The number of rotatable bonds is 2. The second-order valence-electron chi connectivity index (χ2n) is 5.29. The number of benzene rings is 1. The van der Waals surface area contributed by atoms with Crippen LogP contribution in [0.5, 0.6) is 11.5 Å². The summed E-state index contributed by atoms with van der Waals surface area (Å²) < 4.78 is 25.3. The zero-order valence-corrected chi connectivity index (χ0v) is 11.1. The second kappa shape index (κ2) is 4.98. The Kier molecular flexibility index (Phi) is 3.33. The molecular formula is C14H19FN2O2. The molecule has 1 saturated heterocycles. The zero-order chi connectivity index (χ0) is 13.4. The van der Waals surface area contributed by atoms with Crippen LogP contribution in [0.15, 0.2) is 12.1 Å². The number of hydrogen-bond acceptors (Lipinski definition) is 4. The lowest BCUT2D eigenvalue weighted by molar-refractivity contribution is 0.163. The van der Waals surface area contributed by atoms with Crippen LogP contribution < -0.4 is 15.2 Å². The van der Waals surface area contributed by atoms with Crippen LogP contribution in [0.1, 0.15) is 18.0 Å². The van der Waals surface area contributed by atoms with Gasteiger partial charge in [-0.25, -0.2) is 4.39 Å². The summed E-state index contributed by atoms with van der Waals surface area (Å²) in [4.78, 5) is 2.16. The standard InChI is InChI=1S/C14H19FN2O2/c1-17-8-9(7-16)6-11(17)10-2-3-12-14(13(10)15)19-5-4-18-12/h2-3,9,11H,4-8,16H2,1H3. The molecule has 0 aliphatic carbocycles. The highest BCUT2D eigenvalue weighted by Gasteiger charge is 2.33. The Morgan fingerprint density at radius 1 is 1.37 bits per heavy atom. The van der Waals surface area contributed by atoms with Crippen LogP contribution in [-0.2, 0) is 0 Å². The number of halogens is 1. The lowest BCUT2D eigenvalue weighted by Crippen LogP contribution is -2.22. The summed E-state index contributed by atoms with van der Waals surface area (Å²) in [5.41, 5.74) is 6.40. The van der Waals surface area contributed by atoms with Crippen molar-refractivity contribution in [3.63, 3.8) is 0 Å². The van der Waals surface area contributed by atoms with E-state index in [9.17, 15) is 4.39 Å². The van der Waals surface area contributed by atoms with Crippen LogP contribution in [-0.4, -0.2) is 38.3 Å². The van der Waals surface area contributed by atoms with Gasteiger partial charge in [0.25, 0.3) is 0 Å². The zero-order valence-electron chi connectivity index (χ0n) is 11.1. The Bertz CT molecular complexity index is 481. The first-order valence-electron chi connectivity index (χ1n) is 6.69. The van der Waals surface area contributed by atoms with E-state index in [1.165, 1.54) is 0 Å². The topological polar surface area (TPSA) is 47.7 Å². The summed E-state index contributed by atoms with van der Waals surface area (Å²) in [6.07, 6.45) is 0.892. The molecule has 0 spiro atoms. The molecule has 1 aromatic rings. The van der Waals surface area contributed by atoms with E-state index >= 15 is 0 Å². The molecule has 3 rings (SSSR count). The normalized spacial score (nSPS) is 26.7. The van der Waals surface area contributed by atoms with Gasteiger partial charge >= 0.3 is 0 Å². The van der Waals surface area contributed by atoms with E-state index in [4.69, 9.17) is 15.2 Å². The van der Waals surface area contributed by atoms with Crippen molar-refractivity contribution in [1.82, 2.24) is 4.90 Å². The van der Waals surface area contributed by atoms with Crippen LogP contribution >= 0.6 is 0 Å². The van der Waals surface area contributed by atoms with Gasteiger partial charge in [0, 0.05) is 18.2 Å². The predicted molar refractivity (Wildman–Crippen MR) is 69.9 cm³/mol. The molecule has 0 radical (unpaired) electrons. The average Bonchev–Trinajstić information content (AvgIpc) is 2.81. The van der Waals surface area contributed by atoms with Crippen molar-refractivity contribution in [3.8, 4) is 11.5 Å². The third-order valence-corrected chi connectivity index (χ3v) is 4.01. The van der Waals surface area contributed by atoms with Crippen LogP contribution in [0.2, 0.25) is 0 Å². The van der Waals surface area contributed by atoms with Crippen molar-refractivity contribution >= 4 is 0 Å². The summed E-state index contributed by atoms with van der Waals surface area (Å²) in [5.74, 6) is 0.909. The Hall–Kier alpha value is -1.33. The Morgan fingerprint density at radius 3 is 2.89 bits per heavy atom. The molecule has 0 saturated carbocycles. The smallest absolute Gasteiger partial charge is 0.197 e. The molecule has 2 aliphatic rings. The van der Waals surface area contributed by atoms with Crippen molar-refractivity contribution in [2.75, 3.05) is 33.4 Å². The van der Waals surface area contributed by atoms with Gasteiger partial charge in [0.05, 0.1) is 0 Å². The molecule has 104 valence electrons. The fourth-order valence-electron chi connectivity index (χ4n) is 2.99. The molecule has 4 nitrogen and oxygen atoms in total. The Morgan fingerprint density at radius 2 is 2.16 bits per heavy atom. The van der Waals surface area contributed by atoms with Gasteiger partial charge in [0.15, 0.2) is 17.3 Å². The van der Waals surface area contributed by atoms with Crippen LogP contribution in [0.25, 0.3) is 0 Å². The number of nitrogens with two attached hydrogens (primary N) is 1. The van der Waals surface area contributed by atoms with E-state index < -0.39 is 0 Å². The number of fused-ring (bicyclic) bond motifs is 1. The van der Waals surface area contributed by atoms with Crippen molar-refractivity contribution in [3.05, 3.63) is 23.5 Å². The van der Waals surface area contributed by atoms with Gasteiger partial charge < -0.3 is 15.2 Å². The molecule has 0 bridgehead atoms. The van der Waals surface area contributed by atoms with Gasteiger partial charge in [-0.3, -0.25) is 4.90 Å². The summed E-state index contributed by atoms with van der Waals surface area (Å²) in [6.45, 7) is 2.44. The SMILES string of the molecule is CN1CC(CN)CC1c1ccc2c(c1F)OCCO2. The maximum atomic E-state index is 14.5.